The summed E-state index contributed by atoms with van der Waals surface area (Å²) in [6.45, 7) is 0. The number of carbonyl (C=O) groups excluding carboxylic acids is 2. The standard InChI is InChI=1S/C31H32N2O3/c1-36-31(35)28(23-18-17-20-9-2-3-11-22(20)19-23)32-29-25-14-6-7-15-26(25)30(34)33(29)27-16-8-12-21-10-4-5-13-24(21)27/h2-5,9-11,13,17-19,27-29,32H,6-8,12,14-16H2,1H3. The molecule has 5 heteroatoms. The molecule has 36 heavy (non-hydrogen) atoms. The minimum atomic E-state index is -0.674. The summed E-state index contributed by atoms with van der Waals surface area (Å²) in [5.74, 6) is -0.211. The SMILES string of the molecule is COC(=O)C(NC1C2=C(CCCC2)C(=O)N1C1CCCc2ccccc21)c1ccc2ccccc2c1. The Morgan fingerprint density at radius 1 is 0.944 bits per heavy atom. The lowest BCUT2D eigenvalue weighted by molar-refractivity contribution is -0.145. The highest BCUT2D eigenvalue weighted by Crippen LogP contribution is 2.44. The van der Waals surface area contributed by atoms with Crippen molar-refractivity contribution in [1.29, 1.82) is 0 Å². The van der Waals surface area contributed by atoms with Gasteiger partial charge in [0.2, 0.25) is 0 Å². The smallest absolute Gasteiger partial charge is 0.327 e. The molecule has 0 aromatic heterocycles. The summed E-state index contributed by atoms with van der Waals surface area (Å²) >= 11 is 0. The fourth-order valence-electron chi connectivity index (χ4n) is 6.40. The molecule has 1 aliphatic heterocycles. The topological polar surface area (TPSA) is 58.6 Å². The largest absolute Gasteiger partial charge is 0.468 e. The van der Waals surface area contributed by atoms with E-state index in [1.165, 1.54) is 18.2 Å². The number of ether oxygens (including phenoxy) is 1. The average Bonchev–Trinajstić information content (AvgIpc) is 3.21. The predicted molar refractivity (Wildman–Crippen MR) is 140 cm³/mol. The summed E-state index contributed by atoms with van der Waals surface area (Å²) in [5, 5.41) is 5.82. The van der Waals surface area contributed by atoms with E-state index in [0.29, 0.717) is 0 Å². The van der Waals surface area contributed by atoms with Crippen molar-refractivity contribution in [2.24, 2.45) is 0 Å². The lowest BCUT2D eigenvalue weighted by Crippen LogP contribution is -2.50. The van der Waals surface area contributed by atoms with Gasteiger partial charge in [-0.2, -0.15) is 0 Å². The molecule has 3 aromatic rings. The Kier molecular flexibility index (Phi) is 6.10. The van der Waals surface area contributed by atoms with Crippen molar-refractivity contribution in [3.05, 3.63) is 94.6 Å². The van der Waals surface area contributed by atoms with E-state index in [-0.39, 0.29) is 24.1 Å². The Balaban J connectivity index is 1.41. The van der Waals surface area contributed by atoms with Crippen LogP contribution in [0.2, 0.25) is 0 Å². The van der Waals surface area contributed by atoms with Crippen molar-refractivity contribution in [3.63, 3.8) is 0 Å². The van der Waals surface area contributed by atoms with E-state index in [1.807, 2.05) is 29.2 Å². The Bertz CT molecular complexity index is 1360. The van der Waals surface area contributed by atoms with Crippen LogP contribution < -0.4 is 5.32 Å². The van der Waals surface area contributed by atoms with Gasteiger partial charge in [0, 0.05) is 5.57 Å². The van der Waals surface area contributed by atoms with Gasteiger partial charge < -0.3 is 9.64 Å². The third-order valence-electron chi connectivity index (χ3n) is 8.15. The number of amides is 1. The average molecular weight is 481 g/mol. The number of esters is 1. The van der Waals surface area contributed by atoms with Gasteiger partial charge in [0.05, 0.1) is 13.2 Å². The molecular weight excluding hydrogens is 448 g/mol. The van der Waals surface area contributed by atoms with Gasteiger partial charge in [-0.1, -0.05) is 60.7 Å². The lowest BCUT2D eigenvalue weighted by Gasteiger charge is -2.39. The second-order valence-corrected chi connectivity index (χ2v) is 10.2. The van der Waals surface area contributed by atoms with Crippen LogP contribution in [0.15, 0.2) is 77.9 Å². The molecule has 2 aliphatic carbocycles. The van der Waals surface area contributed by atoms with Crippen LogP contribution in [0.25, 0.3) is 10.8 Å². The molecule has 0 fully saturated rings. The van der Waals surface area contributed by atoms with Crippen molar-refractivity contribution in [1.82, 2.24) is 10.2 Å². The van der Waals surface area contributed by atoms with Crippen LogP contribution in [0.3, 0.4) is 0 Å². The molecule has 3 unspecified atom stereocenters. The number of carbonyl (C=O) groups is 2. The third-order valence-corrected chi connectivity index (χ3v) is 8.15. The third kappa shape index (κ3) is 3.92. The van der Waals surface area contributed by atoms with Gasteiger partial charge in [-0.05, 0) is 84.0 Å². The highest BCUT2D eigenvalue weighted by molar-refractivity contribution is 5.98. The van der Waals surface area contributed by atoms with Crippen LogP contribution in [0, 0.1) is 0 Å². The molecule has 0 saturated carbocycles. The van der Waals surface area contributed by atoms with Crippen molar-refractivity contribution < 1.29 is 14.3 Å². The van der Waals surface area contributed by atoms with Gasteiger partial charge in [-0.3, -0.25) is 10.1 Å². The van der Waals surface area contributed by atoms with Crippen molar-refractivity contribution in [2.75, 3.05) is 7.11 Å². The summed E-state index contributed by atoms with van der Waals surface area (Å²) in [5.41, 5.74) is 5.52. The van der Waals surface area contributed by atoms with Gasteiger partial charge in [0.15, 0.2) is 0 Å². The Labute approximate surface area is 212 Å². The summed E-state index contributed by atoms with van der Waals surface area (Å²) in [6.07, 6.45) is 6.51. The molecule has 184 valence electrons. The highest BCUT2D eigenvalue weighted by atomic mass is 16.5. The normalized spacial score (nSPS) is 22.4. The summed E-state index contributed by atoms with van der Waals surface area (Å²) in [6, 6.07) is 22.1. The summed E-state index contributed by atoms with van der Waals surface area (Å²) in [7, 11) is 1.43. The van der Waals surface area contributed by atoms with Crippen molar-refractivity contribution >= 4 is 22.6 Å². The maximum absolute atomic E-state index is 13.9. The number of rotatable bonds is 5. The van der Waals surface area contributed by atoms with Crippen LogP contribution in [-0.4, -0.2) is 30.1 Å². The zero-order chi connectivity index (χ0) is 24.6. The monoisotopic (exact) mass is 480 g/mol. The molecule has 3 aromatic carbocycles. The van der Waals surface area contributed by atoms with E-state index in [4.69, 9.17) is 4.74 Å². The molecule has 3 aliphatic rings. The maximum atomic E-state index is 13.9. The maximum Gasteiger partial charge on any atom is 0.327 e. The van der Waals surface area contributed by atoms with E-state index in [2.05, 4.69) is 47.8 Å². The van der Waals surface area contributed by atoms with Gasteiger partial charge in [-0.15, -0.1) is 0 Å². The number of nitrogens with zero attached hydrogens (tertiary/aromatic N) is 1. The van der Waals surface area contributed by atoms with Crippen LogP contribution >= 0.6 is 0 Å². The zero-order valence-electron chi connectivity index (χ0n) is 20.7. The molecule has 1 N–H and O–H groups in total. The number of hydrogen-bond donors (Lipinski definition) is 1. The highest BCUT2D eigenvalue weighted by Gasteiger charge is 2.45. The summed E-state index contributed by atoms with van der Waals surface area (Å²) < 4.78 is 5.27. The fraction of sp³-hybridized carbons (Fsp3) is 0.355. The van der Waals surface area contributed by atoms with Crippen molar-refractivity contribution in [2.45, 2.75) is 63.2 Å². The fourth-order valence-corrected chi connectivity index (χ4v) is 6.40. The van der Waals surface area contributed by atoms with Gasteiger partial charge in [0.1, 0.15) is 12.2 Å². The molecule has 0 radical (unpaired) electrons. The van der Waals surface area contributed by atoms with E-state index >= 15 is 0 Å². The van der Waals surface area contributed by atoms with Gasteiger partial charge >= 0.3 is 5.97 Å². The zero-order valence-corrected chi connectivity index (χ0v) is 20.7. The summed E-state index contributed by atoms with van der Waals surface area (Å²) in [4.78, 5) is 29.1. The first-order valence-corrected chi connectivity index (χ1v) is 13.1. The number of methoxy groups -OCH3 is 1. The number of hydrogen-bond acceptors (Lipinski definition) is 4. The van der Waals surface area contributed by atoms with E-state index < -0.39 is 6.04 Å². The first kappa shape index (κ1) is 23.0. The molecule has 1 heterocycles. The molecule has 1 amide bonds. The molecule has 3 atom stereocenters. The molecule has 0 saturated heterocycles. The Morgan fingerprint density at radius 2 is 1.72 bits per heavy atom. The van der Waals surface area contributed by atoms with Crippen LogP contribution in [0.1, 0.15) is 67.3 Å². The van der Waals surface area contributed by atoms with Crippen molar-refractivity contribution in [3.8, 4) is 0 Å². The number of fused-ring (bicyclic) bond motifs is 2. The minimum absolute atomic E-state index is 0.000417. The van der Waals surface area contributed by atoms with Crippen LogP contribution in [0.5, 0.6) is 0 Å². The van der Waals surface area contributed by atoms with Crippen LogP contribution in [0.4, 0.5) is 0 Å². The first-order valence-electron chi connectivity index (χ1n) is 13.1. The molecule has 0 bridgehead atoms. The number of nitrogens with one attached hydrogen (secondary N) is 1. The van der Waals surface area contributed by atoms with Gasteiger partial charge in [0.25, 0.3) is 5.91 Å². The molecular formula is C31H32N2O3. The van der Waals surface area contributed by atoms with Gasteiger partial charge in [-0.25, -0.2) is 4.79 Å². The molecule has 0 spiro atoms. The van der Waals surface area contributed by atoms with Crippen LogP contribution in [-0.2, 0) is 20.7 Å². The van der Waals surface area contributed by atoms with E-state index in [1.54, 1.807) is 0 Å². The number of benzene rings is 3. The van der Waals surface area contributed by atoms with E-state index in [9.17, 15) is 9.59 Å². The lowest BCUT2D eigenvalue weighted by atomic mass is 9.86. The quantitative estimate of drug-likeness (QED) is 0.472. The second-order valence-electron chi connectivity index (χ2n) is 10.2. The second kappa shape index (κ2) is 9.55. The van der Waals surface area contributed by atoms with E-state index in [0.717, 1.165) is 72.4 Å². The molecule has 5 nitrogen and oxygen atoms in total. The number of aryl methyl sites for hydroxylation is 1. The molecule has 6 rings (SSSR count). The Morgan fingerprint density at radius 3 is 2.58 bits per heavy atom. The predicted octanol–water partition coefficient (Wildman–Crippen LogP) is 5.76. The first-order chi connectivity index (χ1) is 17.7. The minimum Gasteiger partial charge on any atom is -0.468 e. The Hall–Kier alpha value is -3.44.